The summed E-state index contributed by atoms with van der Waals surface area (Å²) in [5.74, 6) is 1.32. The number of hydrogen-bond donors (Lipinski definition) is 1. The smallest absolute Gasteiger partial charge is 0.228 e. The summed E-state index contributed by atoms with van der Waals surface area (Å²) < 4.78 is 0. The van der Waals surface area contributed by atoms with Gasteiger partial charge in [0.1, 0.15) is 0 Å². The van der Waals surface area contributed by atoms with E-state index >= 15 is 0 Å². The maximum atomic E-state index is 11.9. The molecule has 3 heteroatoms. The van der Waals surface area contributed by atoms with Crippen molar-refractivity contribution < 1.29 is 4.79 Å². The van der Waals surface area contributed by atoms with Gasteiger partial charge in [-0.15, -0.1) is 0 Å². The van der Waals surface area contributed by atoms with Crippen LogP contribution >= 0.6 is 0 Å². The third-order valence-electron chi connectivity index (χ3n) is 3.55. The molecule has 74 valence electrons. The average molecular weight is 182 g/mol. The van der Waals surface area contributed by atoms with Gasteiger partial charge >= 0.3 is 0 Å². The Morgan fingerprint density at radius 3 is 2.46 bits per heavy atom. The predicted molar refractivity (Wildman–Crippen MR) is 51.3 cm³/mol. The molecule has 2 saturated heterocycles. The van der Waals surface area contributed by atoms with Gasteiger partial charge in [-0.3, -0.25) is 4.79 Å². The summed E-state index contributed by atoms with van der Waals surface area (Å²) in [6.07, 6.45) is 1.17. The highest BCUT2D eigenvalue weighted by molar-refractivity contribution is 5.80. The Morgan fingerprint density at radius 2 is 2.08 bits per heavy atom. The first-order valence-corrected chi connectivity index (χ1v) is 5.21. The molecule has 0 saturated carbocycles. The highest BCUT2D eigenvalue weighted by atomic mass is 16.2. The Morgan fingerprint density at radius 1 is 1.38 bits per heavy atom. The molecule has 0 aromatic heterocycles. The molecule has 0 aliphatic carbocycles. The van der Waals surface area contributed by atoms with Crippen molar-refractivity contribution in [1.82, 2.24) is 10.2 Å². The van der Waals surface area contributed by atoms with Crippen LogP contribution in [-0.4, -0.2) is 36.5 Å². The van der Waals surface area contributed by atoms with Gasteiger partial charge in [-0.25, -0.2) is 0 Å². The summed E-state index contributed by atoms with van der Waals surface area (Å²) in [6.45, 7) is 7.14. The monoisotopic (exact) mass is 182 g/mol. The second-order valence-corrected chi connectivity index (χ2v) is 4.39. The highest BCUT2D eigenvalue weighted by Gasteiger charge is 2.36. The van der Waals surface area contributed by atoms with E-state index < -0.39 is 0 Å². The van der Waals surface area contributed by atoms with Crippen LogP contribution in [0.5, 0.6) is 0 Å². The molecule has 13 heavy (non-hydrogen) atoms. The van der Waals surface area contributed by atoms with E-state index in [1.165, 1.54) is 6.42 Å². The number of carbonyl (C=O) groups excluding carboxylic acids is 1. The summed E-state index contributed by atoms with van der Waals surface area (Å²) in [5, 5.41) is 3.14. The molecule has 1 N–H and O–H groups in total. The van der Waals surface area contributed by atoms with Crippen LogP contribution in [0.25, 0.3) is 0 Å². The van der Waals surface area contributed by atoms with Gasteiger partial charge in [-0.2, -0.15) is 0 Å². The highest BCUT2D eigenvalue weighted by Crippen LogP contribution is 2.25. The van der Waals surface area contributed by atoms with Crippen molar-refractivity contribution in [2.75, 3.05) is 19.6 Å². The molecule has 2 unspecified atom stereocenters. The van der Waals surface area contributed by atoms with E-state index in [2.05, 4.69) is 24.1 Å². The van der Waals surface area contributed by atoms with E-state index in [9.17, 15) is 4.79 Å². The van der Waals surface area contributed by atoms with Crippen LogP contribution < -0.4 is 5.32 Å². The fourth-order valence-corrected chi connectivity index (χ4v) is 2.10. The number of hydrogen-bond acceptors (Lipinski definition) is 2. The predicted octanol–water partition coefficient (Wildman–Crippen LogP) is 0.463. The Labute approximate surface area is 79.5 Å². The van der Waals surface area contributed by atoms with Crippen LogP contribution in [0.1, 0.15) is 20.3 Å². The van der Waals surface area contributed by atoms with Crippen LogP contribution in [-0.2, 0) is 4.79 Å². The Balaban J connectivity index is 1.96. The fourth-order valence-electron chi connectivity index (χ4n) is 2.10. The van der Waals surface area contributed by atoms with Crippen molar-refractivity contribution in [2.45, 2.75) is 26.3 Å². The molecule has 0 bridgehead atoms. The minimum atomic E-state index is 0.271. The third-order valence-corrected chi connectivity index (χ3v) is 3.55. The van der Waals surface area contributed by atoms with Gasteiger partial charge in [-0.1, -0.05) is 6.92 Å². The fraction of sp³-hybridized carbons (Fsp3) is 0.900. The lowest BCUT2D eigenvalue weighted by Crippen LogP contribution is -2.53. The molecule has 2 atom stereocenters. The summed E-state index contributed by atoms with van der Waals surface area (Å²) in [4.78, 5) is 13.9. The topological polar surface area (TPSA) is 32.3 Å². The summed E-state index contributed by atoms with van der Waals surface area (Å²) in [5.41, 5.74) is 0. The Hall–Kier alpha value is -0.570. The molecule has 2 aliphatic heterocycles. The van der Waals surface area contributed by atoms with Gasteiger partial charge in [0.2, 0.25) is 5.91 Å². The normalized spacial score (nSPS) is 34.8. The molecular formula is C10H18N2O. The maximum Gasteiger partial charge on any atom is 0.228 e. The lowest BCUT2D eigenvalue weighted by atomic mass is 10.0. The average Bonchev–Trinajstić information content (AvgIpc) is 2.29. The van der Waals surface area contributed by atoms with E-state index in [1.54, 1.807) is 0 Å². The number of rotatable bonds is 1. The first kappa shape index (κ1) is 9.00. The first-order valence-electron chi connectivity index (χ1n) is 5.21. The van der Waals surface area contributed by atoms with Gasteiger partial charge < -0.3 is 10.2 Å². The molecule has 2 heterocycles. The number of nitrogens with one attached hydrogen (secondary N) is 1. The summed E-state index contributed by atoms with van der Waals surface area (Å²) in [6, 6.07) is 0.452. The van der Waals surface area contributed by atoms with Crippen LogP contribution in [0.3, 0.4) is 0 Å². The quantitative estimate of drug-likeness (QED) is 0.639. The standard InChI is InChI=1S/C10H18N2O/c1-7-3-4-12(8(7)2)10(13)9-5-11-6-9/h7-9,11H,3-6H2,1-2H3. The summed E-state index contributed by atoms with van der Waals surface area (Å²) >= 11 is 0. The summed E-state index contributed by atoms with van der Waals surface area (Å²) in [7, 11) is 0. The van der Waals surface area contributed by atoms with Crippen molar-refractivity contribution in [2.24, 2.45) is 11.8 Å². The van der Waals surface area contributed by atoms with E-state index in [0.29, 0.717) is 17.9 Å². The van der Waals surface area contributed by atoms with E-state index in [1.807, 2.05) is 0 Å². The van der Waals surface area contributed by atoms with Crippen molar-refractivity contribution in [3.63, 3.8) is 0 Å². The lowest BCUT2D eigenvalue weighted by Gasteiger charge is -2.33. The SMILES string of the molecule is CC1CCN(C(=O)C2CNC2)C1C. The maximum absolute atomic E-state index is 11.9. The van der Waals surface area contributed by atoms with Gasteiger partial charge in [0.15, 0.2) is 0 Å². The number of amides is 1. The van der Waals surface area contributed by atoms with Crippen molar-refractivity contribution in [3.8, 4) is 0 Å². The van der Waals surface area contributed by atoms with Gasteiger partial charge in [0, 0.05) is 25.7 Å². The van der Waals surface area contributed by atoms with Crippen LogP contribution in [0.15, 0.2) is 0 Å². The molecular weight excluding hydrogens is 164 g/mol. The van der Waals surface area contributed by atoms with Gasteiger partial charge in [0.25, 0.3) is 0 Å². The van der Waals surface area contributed by atoms with Crippen molar-refractivity contribution >= 4 is 5.91 Å². The zero-order chi connectivity index (χ0) is 9.42. The minimum Gasteiger partial charge on any atom is -0.339 e. The molecule has 0 aromatic rings. The zero-order valence-electron chi connectivity index (χ0n) is 8.42. The molecule has 2 rings (SSSR count). The van der Waals surface area contributed by atoms with Gasteiger partial charge in [-0.05, 0) is 19.3 Å². The van der Waals surface area contributed by atoms with E-state index in [4.69, 9.17) is 0 Å². The number of nitrogens with zero attached hydrogens (tertiary/aromatic N) is 1. The molecule has 0 aromatic carbocycles. The molecule has 1 amide bonds. The van der Waals surface area contributed by atoms with Gasteiger partial charge in [0.05, 0.1) is 5.92 Å². The Kier molecular flexibility index (Phi) is 2.28. The van der Waals surface area contributed by atoms with E-state index in [-0.39, 0.29) is 5.92 Å². The molecule has 2 aliphatic rings. The molecule has 3 nitrogen and oxygen atoms in total. The van der Waals surface area contributed by atoms with Crippen LogP contribution in [0.4, 0.5) is 0 Å². The molecule has 2 fully saturated rings. The van der Waals surface area contributed by atoms with Crippen LogP contribution in [0.2, 0.25) is 0 Å². The number of carbonyl (C=O) groups is 1. The van der Waals surface area contributed by atoms with Crippen LogP contribution in [0, 0.1) is 11.8 Å². The number of likely N-dealkylation sites (tertiary alicyclic amines) is 1. The largest absolute Gasteiger partial charge is 0.339 e. The second kappa shape index (κ2) is 3.29. The molecule has 0 spiro atoms. The zero-order valence-corrected chi connectivity index (χ0v) is 8.42. The minimum absolute atomic E-state index is 0.271. The third kappa shape index (κ3) is 1.46. The molecule has 0 radical (unpaired) electrons. The van der Waals surface area contributed by atoms with Crippen molar-refractivity contribution in [3.05, 3.63) is 0 Å². The Bertz CT molecular complexity index is 213. The second-order valence-electron chi connectivity index (χ2n) is 4.39. The van der Waals surface area contributed by atoms with Crippen molar-refractivity contribution in [1.29, 1.82) is 0 Å². The van der Waals surface area contributed by atoms with E-state index in [0.717, 1.165) is 19.6 Å². The first-order chi connectivity index (χ1) is 6.20. The lowest BCUT2D eigenvalue weighted by molar-refractivity contribution is -0.137.